The first-order valence-corrected chi connectivity index (χ1v) is 6.98. The molecule has 25 heavy (non-hydrogen) atoms. The highest BCUT2D eigenvalue weighted by atomic mass is 19.4. The molecule has 1 aliphatic carbocycles. The van der Waals surface area contributed by atoms with E-state index in [0.717, 1.165) is 6.07 Å². The average Bonchev–Trinajstić information content (AvgIpc) is 2.47. The summed E-state index contributed by atoms with van der Waals surface area (Å²) in [6.07, 6.45) is -8.52. The third-order valence-electron chi connectivity index (χ3n) is 3.37. The fourth-order valence-electron chi connectivity index (χ4n) is 2.08. The molecular formula is C16H12F6O3. The van der Waals surface area contributed by atoms with E-state index in [0.29, 0.717) is 12.2 Å². The number of benzene rings is 1. The monoisotopic (exact) mass is 366 g/mol. The molecule has 0 aliphatic heterocycles. The van der Waals surface area contributed by atoms with E-state index < -0.39 is 42.2 Å². The summed E-state index contributed by atoms with van der Waals surface area (Å²) in [5, 5.41) is 0. The molecule has 1 atom stereocenters. The molecule has 0 radical (unpaired) electrons. The van der Waals surface area contributed by atoms with Crippen LogP contribution in [0.2, 0.25) is 0 Å². The van der Waals surface area contributed by atoms with E-state index in [2.05, 4.69) is 4.74 Å². The molecule has 9 heteroatoms. The minimum absolute atomic E-state index is 0.0246. The molecule has 1 unspecified atom stereocenters. The lowest BCUT2D eigenvalue weighted by Crippen LogP contribution is -2.23. The van der Waals surface area contributed by atoms with Crippen molar-refractivity contribution >= 4 is 5.78 Å². The van der Waals surface area contributed by atoms with Crippen LogP contribution in [-0.2, 0) is 16.1 Å². The van der Waals surface area contributed by atoms with Crippen LogP contribution in [0.5, 0.6) is 5.75 Å². The summed E-state index contributed by atoms with van der Waals surface area (Å²) in [4.78, 5) is 11.7. The van der Waals surface area contributed by atoms with Crippen molar-refractivity contribution in [1.82, 2.24) is 0 Å². The predicted molar refractivity (Wildman–Crippen MR) is 74.3 cm³/mol. The van der Waals surface area contributed by atoms with Crippen LogP contribution in [0.15, 0.2) is 47.7 Å². The van der Waals surface area contributed by atoms with Gasteiger partial charge < -0.3 is 9.47 Å². The minimum atomic E-state index is -4.92. The fraction of sp³-hybridized carbons (Fsp3) is 0.312. The Kier molecular flexibility index (Phi) is 5.15. The maximum Gasteiger partial charge on any atom is 0.573 e. The van der Waals surface area contributed by atoms with Gasteiger partial charge >= 0.3 is 12.5 Å². The molecule has 0 spiro atoms. The number of rotatable bonds is 4. The third-order valence-corrected chi connectivity index (χ3v) is 3.37. The van der Waals surface area contributed by atoms with Crippen LogP contribution >= 0.6 is 0 Å². The second kappa shape index (κ2) is 6.81. The lowest BCUT2D eigenvalue weighted by atomic mass is 9.94. The van der Waals surface area contributed by atoms with Gasteiger partial charge in [-0.3, -0.25) is 4.79 Å². The number of hydrogen-bond donors (Lipinski definition) is 0. The van der Waals surface area contributed by atoms with Gasteiger partial charge in [-0.15, -0.1) is 13.2 Å². The molecule has 0 N–H and O–H groups in total. The molecule has 2 rings (SSSR count). The number of alkyl halides is 6. The molecule has 0 fully saturated rings. The van der Waals surface area contributed by atoms with Gasteiger partial charge in [-0.2, -0.15) is 13.2 Å². The summed E-state index contributed by atoms with van der Waals surface area (Å²) in [6.45, 7) is 0.858. The van der Waals surface area contributed by atoms with Gasteiger partial charge in [0, 0.05) is 5.56 Å². The van der Waals surface area contributed by atoms with Crippen LogP contribution in [-0.4, -0.2) is 18.3 Å². The molecule has 0 bridgehead atoms. The molecular weight excluding hydrogens is 354 g/mol. The van der Waals surface area contributed by atoms with Crippen LogP contribution in [0.3, 0.4) is 0 Å². The summed E-state index contributed by atoms with van der Waals surface area (Å²) in [5.41, 5.74) is -1.20. The van der Waals surface area contributed by atoms with Crippen molar-refractivity contribution in [1.29, 1.82) is 0 Å². The maximum absolute atomic E-state index is 12.8. The van der Waals surface area contributed by atoms with Crippen molar-refractivity contribution in [3.05, 3.63) is 53.3 Å². The normalized spacial score (nSPS) is 18.5. The number of ketones is 1. The topological polar surface area (TPSA) is 35.5 Å². The average molecular weight is 366 g/mol. The Morgan fingerprint density at radius 3 is 2.28 bits per heavy atom. The Hall–Kier alpha value is -2.45. The molecule has 1 aromatic rings. The van der Waals surface area contributed by atoms with Crippen molar-refractivity contribution < 1.29 is 40.6 Å². The first-order chi connectivity index (χ1) is 11.5. The lowest BCUT2D eigenvalue weighted by molar-refractivity contribution is -0.275. The van der Waals surface area contributed by atoms with Crippen LogP contribution < -0.4 is 4.74 Å². The van der Waals surface area contributed by atoms with E-state index in [1.165, 1.54) is 25.1 Å². The molecule has 0 amide bonds. The van der Waals surface area contributed by atoms with E-state index in [9.17, 15) is 31.1 Å². The zero-order valence-electron chi connectivity index (χ0n) is 12.7. The summed E-state index contributed by atoms with van der Waals surface area (Å²) >= 11 is 0. The van der Waals surface area contributed by atoms with E-state index in [4.69, 9.17) is 4.74 Å². The van der Waals surface area contributed by atoms with Crippen LogP contribution in [0, 0.1) is 5.92 Å². The summed E-state index contributed by atoms with van der Waals surface area (Å²) in [7, 11) is 0. The van der Waals surface area contributed by atoms with Gasteiger partial charge in [-0.25, -0.2) is 0 Å². The smallest absolute Gasteiger partial charge is 0.492 e. The molecule has 0 saturated carbocycles. The minimum Gasteiger partial charge on any atom is -0.492 e. The van der Waals surface area contributed by atoms with Crippen LogP contribution in [0.25, 0.3) is 0 Å². The maximum atomic E-state index is 12.8. The largest absolute Gasteiger partial charge is 0.573 e. The zero-order chi connectivity index (χ0) is 18.8. The highest BCUT2D eigenvalue weighted by Gasteiger charge is 2.37. The number of halogens is 6. The summed E-state index contributed by atoms with van der Waals surface area (Å²) < 4.78 is 84.4. The number of carbonyl (C=O) groups excluding carboxylic acids is 1. The van der Waals surface area contributed by atoms with E-state index in [1.807, 2.05) is 0 Å². The number of hydrogen-bond acceptors (Lipinski definition) is 3. The summed E-state index contributed by atoms with van der Waals surface area (Å²) in [5.74, 6) is -2.58. The Morgan fingerprint density at radius 2 is 1.68 bits per heavy atom. The van der Waals surface area contributed by atoms with Crippen molar-refractivity contribution in [2.45, 2.75) is 26.1 Å². The molecule has 0 heterocycles. The van der Waals surface area contributed by atoms with Gasteiger partial charge in [0.2, 0.25) is 0 Å². The first-order valence-electron chi connectivity index (χ1n) is 6.98. The molecule has 0 aromatic heterocycles. The SMILES string of the molecule is CC1C(=O)C=C(C(F)(F)F)C=C1OCc1ccccc1OC(F)(F)F. The van der Waals surface area contributed by atoms with Gasteiger partial charge in [-0.05, 0) is 25.1 Å². The quantitative estimate of drug-likeness (QED) is 0.725. The van der Waals surface area contributed by atoms with Crippen LogP contribution in [0.1, 0.15) is 12.5 Å². The molecule has 0 saturated heterocycles. The van der Waals surface area contributed by atoms with Gasteiger partial charge in [0.25, 0.3) is 0 Å². The Balaban J connectivity index is 2.19. The number of carbonyl (C=O) groups is 1. The number of ether oxygens (including phenoxy) is 2. The number of allylic oxidation sites excluding steroid dienone is 4. The third kappa shape index (κ3) is 5.01. The highest BCUT2D eigenvalue weighted by Crippen LogP contribution is 2.34. The van der Waals surface area contributed by atoms with E-state index in [-0.39, 0.29) is 11.3 Å². The van der Waals surface area contributed by atoms with Crippen molar-refractivity contribution in [3.8, 4) is 5.75 Å². The number of para-hydroxylation sites is 1. The second-order valence-electron chi connectivity index (χ2n) is 5.21. The van der Waals surface area contributed by atoms with E-state index >= 15 is 0 Å². The Labute approximate surface area is 138 Å². The molecule has 1 aliphatic rings. The lowest BCUT2D eigenvalue weighted by Gasteiger charge is -2.22. The van der Waals surface area contributed by atoms with Gasteiger partial charge in [0.05, 0.1) is 11.5 Å². The Bertz CT molecular complexity index is 715. The van der Waals surface area contributed by atoms with Crippen LogP contribution in [0.4, 0.5) is 26.3 Å². The van der Waals surface area contributed by atoms with Crippen molar-refractivity contribution in [2.75, 3.05) is 0 Å². The molecule has 3 nitrogen and oxygen atoms in total. The first kappa shape index (κ1) is 18.9. The van der Waals surface area contributed by atoms with Gasteiger partial charge in [0.15, 0.2) is 5.78 Å². The summed E-state index contributed by atoms with van der Waals surface area (Å²) in [6, 6.07) is 5.06. The second-order valence-corrected chi connectivity index (χ2v) is 5.21. The fourth-order valence-corrected chi connectivity index (χ4v) is 2.08. The zero-order valence-corrected chi connectivity index (χ0v) is 12.7. The molecule has 1 aromatic carbocycles. The van der Waals surface area contributed by atoms with Crippen molar-refractivity contribution in [2.24, 2.45) is 5.92 Å². The van der Waals surface area contributed by atoms with Gasteiger partial charge in [0.1, 0.15) is 18.1 Å². The predicted octanol–water partition coefficient (Wildman–Crippen LogP) is 4.69. The Morgan fingerprint density at radius 1 is 1.04 bits per heavy atom. The van der Waals surface area contributed by atoms with Crippen molar-refractivity contribution in [3.63, 3.8) is 0 Å². The van der Waals surface area contributed by atoms with E-state index in [1.54, 1.807) is 0 Å². The molecule has 136 valence electrons. The standard InChI is InChI=1S/C16H12F6O3/c1-9-12(23)6-11(15(17,18)19)7-14(9)24-8-10-4-2-3-5-13(10)25-16(20,21)22/h2-7,9H,8H2,1H3. The van der Waals surface area contributed by atoms with Gasteiger partial charge in [-0.1, -0.05) is 18.2 Å². The highest BCUT2D eigenvalue weighted by molar-refractivity contribution is 5.95.